The molecule has 26 heavy (non-hydrogen) atoms. The largest absolute Gasteiger partial charge is 0.508 e. The van der Waals surface area contributed by atoms with Gasteiger partial charge in [-0.05, 0) is 6.07 Å². The summed E-state index contributed by atoms with van der Waals surface area (Å²) in [4.78, 5) is 12.9. The zero-order valence-corrected chi connectivity index (χ0v) is 13.9. The van der Waals surface area contributed by atoms with Gasteiger partial charge in [-0.25, -0.2) is 15.0 Å². The lowest BCUT2D eigenvalue weighted by atomic mass is 10.2. The van der Waals surface area contributed by atoms with Gasteiger partial charge in [0.15, 0.2) is 17.0 Å². The monoisotopic (exact) mass is 357 g/mol. The zero-order chi connectivity index (χ0) is 18.1. The highest BCUT2D eigenvalue weighted by Crippen LogP contribution is 2.31. The number of nitrogens with zero attached hydrogens (tertiary/aromatic N) is 4. The van der Waals surface area contributed by atoms with Gasteiger partial charge in [-0.1, -0.05) is 18.2 Å². The van der Waals surface area contributed by atoms with Gasteiger partial charge in [0.2, 0.25) is 0 Å². The van der Waals surface area contributed by atoms with Crippen LogP contribution in [0.25, 0.3) is 11.2 Å². The third-order valence-electron chi connectivity index (χ3n) is 4.49. The standard InChI is InChI=1S/C17H19N5O4/c23-7-13-12(25)5-14(26-13)22-9-21-15-16(19-8-20-17(15)22)18-6-10-3-1-2-4-11(10)24/h1-4,8-9,12-14,23-25H,5-7H2,(H,18,19,20)/t12-,13-,14-/m1/s1. The maximum Gasteiger partial charge on any atom is 0.167 e. The Hall–Kier alpha value is -2.75. The van der Waals surface area contributed by atoms with Crippen molar-refractivity contribution in [3.8, 4) is 5.75 Å². The number of fused-ring (bicyclic) bond motifs is 1. The van der Waals surface area contributed by atoms with Crippen LogP contribution in [-0.2, 0) is 11.3 Å². The highest BCUT2D eigenvalue weighted by atomic mass is 16.5. The Morgan fingerprint density at radius 1 is 1.23 bits per heavy atom. The molecule has 1 aromatic carbocycles. The minimum absolute atomic E-state index is 0.208. The summed E-state index contributed by atoms with van der Waals surface area (Å²) in [5.74, 6) is 0.744. The second-order valence-corrected chi connectivity index (χ2v) is 6.14. The fraction of sp³-hybridized carbons (Fsp3) is 0.353. The van der Waals surface area contributed by atoms with E-state index in [9.17, 15) is 15.3 Å². The van der Waals surface area contributed by atoms with Crippen LogP contribution in [0.5, 0.6) is 5.75 Å². The van der Waals surface area contributed by atoms with Crippen LogP contribution in [-0.4, -0.2) is 53.7 Å². The smallest absolute Gasteiger partial charge is 0.167 e. The van der Waals surface area contributed by atoms with Crippen LogP contribution in [0.2, 0.25) is 0 Å². The van der Waals surface area contributed by atoms with Crippen molar-refractivity contribution in [3.05, 3.63) is 42.5 Å². The molecule has 1 aliphatic heterocycles. The summed E-state index contributed by atoms with van der Waals surface area (Å²) in [6.07, 6.45) is 1.56. The Morgan fingerprint density at radius 3 is 2.85 bits per heavy atom. The number of aliphatic hydroxyl groups excluding tert-OH is 2. The maximum atomic E-state index is 9.93. The molecule has 0 bridgehead atoms. The van der Waals surface area contributed by atoms with Gasteiger partial charge < -0.3 is 25.4 Å². The van der Waals surface area contributed by atoms with Crippen molar-refractivity contribution in [2.45, 2.75) is 31.4 Å². The molecule has 2 aromatic heterocycles. The summed E-state index contributed by atoms with van der Waals surface area (Å²) in [6.45, 7) is 0.142. The topological polar surface area (TPSA) is 126 Å². The van der Waals surface area contributed by atoms with Crippen LogP contribution in [0.3, 0.4) is 0 Å². The van der Waals surface area contributed by atoms with Gasteiger partial charge in [0.1, 0.15) is 24.4 Å². The fourth-order valence-corrected chi connectivity index (χ4v) is 3.08. The van der Waals surface area contributed by atoms with E-state index in [1.165, 1.54) is 6.33 Å². The lowest BCUT2D eigenvalue weighted by molar-refractivity contribution is -0.0432. The molecule has 1 aliphatic rings. The summed E-state index contributed by atoms with van der Waals surface area (Å²) in [5.41, 5.74) is 1.87. The lowest BCUT2D eigenvalue weighted by Crippen LogP contribution is -2.24. The number of aliphatic hydroxyl groups is 2. The van der Waals surface area contributed by atoms with Gasteiger partial charge in [-0.15, -0.1) is 0 Å². The number of hydrogen-bond donors (Lipinski definition) is 4. The first-order valence-corrected chi connectivity index (χ1v) is 8.30. The molecule has 4 rings (SSSR count). The second kappa shape index (κ2) is 6.87. The zero-order valence-electron chi connectivity index (χ0n) is 13.9. The number of anilines is 1. The molecular weight excluding hydrogens is 338 g/mol. The number of imidazole rings is 1. The number of benzene rings is 1. The van der Waals surface area contributed by atoms with Gasteiger partial charge in [0.05, 0.1) is 19.0 Å². The molecule has 3 aromatic rings. The fourth-order valence-electron chi connectivity index (χ4n) is 3.08. The van der Waals surface area contributed by atoms with Crippen LogP contribution >= 0.6 is 0 Å². The number of aromatic hydroxyl groups is 1. The van der Waals surface area contributed by atoms with Crippen molar-refractivity contribution in [1.29, 1.82) is 0 Å². The molecule has 3 heterocycles. The van der Waals surface area contributed by atoms with Gasteiger partial charge >= 0.3 is 0 Å². The Balaban J connectivity index is 1.58. The van der Waals surface area contributed by atoms with Crippen LogP contribution in [0.1, 0.15) is 18.2 Å². The molecule has 9 heteroatoms. The first kappa shape index (κ1) is 16.7. The number of ether oxygens (including phenoxy) is 1. The predicted octanol–water partition coefficient (Wildman–Crippen LogP) is 0.785. The van der Waals surface area contributed by atoms with E-state index in [1.807, 2.05) is 12.1 Å². The summed E-state index contributed by atoms with van der Waals surface area (Å²) >= 11 is 0. The average molecular weight is 357 g/mol. The minimum Gasteiger partial charge on any atom is -0.508 e. The Bertz CT molecular complexity index is 915. The van der Waals surface area contributed by atoms with Crippen molar-refractivity contribution in [1.82, 2.24) is 19.5 Å². The average Bonchev–Trinajstić information content (AvgIpc) is 3.24. The lowest BCUT2D eigenvalue weighted by Gasteiger charge is -2.13. The second-order valence-electron chi connectivity index (χ2n) is 6.14. The van der Waals surface area contributed by atoms with E-state index >= 15 is 0 Å². The van der Waals surface area contributed by atoms with E-state index in [4.69, 9.17) is 4.74 Å². The number of phenols is 1. The minimum atomic E-state index is -0.733. The quantitative estimate of drug-likeness (QED) is 0.528. The van der Waals surface area contributed by atoms with Crippen molar-refractivity contribution in [2.24, 2.45) is 0 Å². The summed E-state index contributed by atoms with van der Waals surface area (Å²) in [6, 6.07) is 7.06. The number of hydrogen-bond acceptors (Lipinski definition) is 8. The molecule has 9 nitrogen and oxygen atoms in total. The summed E-state index contributed by atoms with van der Waals surface area (Å²) in [7, 11) is 0. The number of phenolic OH excluding ortho intramolecular Hbond substituents is 1. The maximum absolute atomic E-state index is 9.93. The van der Waals surface area contributed by atoms with E-state index in [2.05, 4.69) is 20.3 Å². The van der Waals surface area contributed by atoms with E-state index in [-0.39, 0.29) is 12.4 Å². The first-order valence-electron chi connectivity index (χ1n) is 8.30. The molecule has 0 aliphatic carbocycles. The van der Waals surface area contributed by atoms with Crippen molar-refractivity contribution in [3.63, 3.8) is 0 Å². The van der Waals surface area contributed by atoms with Crippen LogP contribution < -0.4 is 5.32 Å². The molecule has 1 saturated heterocycles. The Labute approximate surface area is 148 Å². The van der Waals surface area contributed by atoms with E-state index in [0.29, 0.717) is 29.9 Å². The first-order chi connectivity index (χ1) is 12.7. The summed E-state index contributed by atoms with van der Waals surface area (Å²) < 4.78 is 7.39. The van der Waals surface area contributed by atoms with Gasteiger partial charge in [0.25, 0.3) is 0 Å². The van der Waals surface area contributed by atoms with Crippen LogP contribution in [0, 0.1) is 0 Å². The van der Waals surface area contributed by atoms with E-state index in [0.717, 1.165) is 5.56 Å². The van der Waals surface area contributed by atoms with E-state index in [1.54, 1.807) is 23.0 Å². The number of rotatable bonds is 5. The molecule has 0 saturated carbocycles. The molecule has 3 atom stereocenters. The Morgan fingerprint density at radius 2 is 2.08 bits per heavy atom. The summed E-state index contributed by atoms with van der Waals surface area (Å²) in [5, 5.41) is 32.2. The van der Waals surface area contributed by atoms with Gasteiger partial charge in [-0.3, -0.25) is 4.57 Å². The van der Waals surface area contributed by atoms with Crippen molar-refractivity contribution >= 4 is 17.0 Å². The van der Waals surface area contributed by atoms with Crippen LogP contribution in [0.4, 0.5) is 5.82 Å². The normalized spacial score (nSPS) is 22.8. The molecule has 0 spiro atoms. The van der Waals surface area contributed by atoms with Crippen molar-refractivity contribution in [2.75, 3.05) is 11.9 Å². The van der Waals surface area contributed by atoms with Crippen molar-refractivity contribution < 1.29 is 20.1 Å². The third-order valence-corrected chi connectivity index (χ3v) is 4.49. The van der Waals surface area contributed by atoms with Crippen LogP contribution in [0.15, 0.2) is 36.9 Å². The van der Waals surface area contributed by atoms with E-state index < -0.39 is 18.4 Å². The number of nitrogens with one attached hydrogen (secondary N) is 1. The third kappa shape index (κ3) is 2.96. The molecule has 0 amide bonds. The molecular formula is C17H19N5O4. The molecule has 0 unspecified atom stereocenters. The van der Waals surface area contributed by atoms with Gasteiger partial charge in [0, 0.05) is 18.5 Å². The van der Waals surface area contributed by atoms with Gasteiger partial charge in [-0.2, -0.15) is 0 Å². The molecule has 1 fully saturated rings. The highest BCUT2D eigenvalue weighted by molar-refractivity contribution is 5.82. The number of para-hydroxylation sites is 1. The molecule has 0 radical (unpaired) electrons. The molecule has 136 valence electrons. The molecule has 4 N–H and O–H groups in total. The SMILES string of the molecule is OC[C@H]1O[C@@H](n2cnc3c(NCc4ccccc4O)ncnc32)C[C@H]1O. The predicted molar refractivity (Wildman–Crippen MR) is 92.4 cm³/mol. The number of aromatic nitrogens is 4. The highest BCUT2D eigenvalue weighted by Gasteiger charge is 2.35. The Kier molecular flexibility index (Phi) is 4.41.